The summed E-state index contributed by atoms with van der Waals surface area (Å²) in [4.78, 5) is 15.8. The van der Waals surface area contributed by atoms with Crippen LogP contribution in [0.25, 0.3) is 0 Å². The lowest BCUT2D eigenvalue weighted by Gasteiger charge is -2.24. The van der Waals surface area contributed by atoms with Gasteiger partial charge in [-0.2, -0.15) is 13.2 Å². The fraction of sp³-hybridized carbons (Fsp3) is 0.444. The fourth-order valence-corrected chi connectivity index (χ4v) is 3.17. The maximum atomic E-state index is 13.8. The zero-order valence-electron chi connectivity index (χ0n) is 14.6. The number of nitrogens with zero attached hydrogens (tertiary/aromatic N) is 2. The van der Waals surface area contributed by atoms with Crippen LogP contribution in [-0.2, 0) is 30.5 Å². The SMILES string of the molecule is CCOc1ccc(CNC(=O)[C@@H]2CCn3c(cnc3C(F)(F)F)C2)cc1F. The molecule has 146 valence electrons. The molecule has 0 fully saturated rings. The molecule has 1 aliphatic heterocycles. The van der Waals surface area contributed by atoms with Gasteiger partial charge in [-0.05, 0) is 31.0 Å². The Labute approximate surface area is 153 Å². The van der Waals surface area contributed by atoms with Gasteiger partial charge in [0, 0.05) is 37.3 Å². The van der Waals surface area contributed by atoms with Crippen molar-refractivity contribution in [3.63, 3.8) is 0 Å². The summed E-state index contributed by atoms with van der Waals surface area (Å²) < 4.78 is 58.7. The highest BCUT2D eigenvalue weighted by atomic mass is 19.4. The summed E-state index contributed by atoms with van der Waals surface area (Å²) in [6, 6.07) is 4.44. The van der Waals surface area contributed by atoms with E-state index in [2.05, 4.69) is 10.3 Å². The first kappa shape index (κ1) is 19.2. The van der Waals surface area contributed by atoms with Crippen molar-refractivity contribution >= 4 is 5.91 Å². The average Bonchev–Trinajstić information content (AvgIpc) is 3.05. The van der Waals surface area contributed by atoms with Crippen LogP contribution in [0.15, 0.2) is 24.4 Å². The number of nitrogens with one attached hydrogen (secondary N) is 1. The van der Waals surface area contributed by atoms with E-state index in [1.807, 2.05) is 0 Å². The molecule has 5 nitrogen and oxygen atoms in total. The number of ether oxygens (including phenoxy) is 1. The molecule has 0 saturated heterocycles. The van der Waals surface area contributed by atoms with E-state index in [1.165, 1.54) is 18.3 Å². The first-order valence-electron chi connectivity index (χ1n) is 8.60. The number of fused-ring (bicyclic) bond motifs is 1. The van der Waals surface area contributed by atoms with E-state index in [0.717, 1.165) is 4.57 Å². The number of alkyl halides is 3. The third-order valence-electron chi connectivity index (χ3n) is 4.48. The highest BCUT2D eigenvalue weighted by Gasteiger charge is 2.39. The molecule has 1 atom stereocenters. The first-order chi connectivity index (χ1) is 12.8. The van der Waals surface area contributed by atoms with Gasteiger partial charge < -0.3 is 14.6 Å². The Bertz CT molecular complexity index is 832. The monoisotopic (exact) mass is 385 g/mol. The Kier molecular flexibility index (Phi) is 5.38. The Hall–Kier alpha value is -2.58. The predicted molar refractivity (Wildman–Crippen MR) is 88.5 cm³/mol. The van der Waals surface area contributed by atoms with Crippen LogP contribution in [0, 0.1) is 11.7 Å². The summed E-state index contributed by atoms with van der Waals surface area (Å²) in [6.45, 7) is 2.31. The summed E-state index contributed by atoms with van der Waals surface area (Å²) in [5.74, 6) is -2.01. The molecule has 0 saturated carbocycles. The third kappa shape index (κ3) is 4.23. The maximum absolute atomic E-state index is 13.8. The minimum atomic E-state index is -4.51. The first-order valence-corrected chi connectivity index (χ1v) is 8.60. The lowest BCUT2D eigenvalue weighted by atomic mass is 9.95. The molecule has 0 unspecified atom stereocenters. The molecular weight excluding hydrogens is 366 g/mol. The van der Waals surface area contributed by atoms with Crippen LogP contribution < -0.4 is 10.1 Å². The zero-order chi connectivity index (χ0) is 19.6. The molecule has 27 heavy (non-hydrogen) atoms. The molecule has 1 aromatic heterocycles. The topological polar surface area (TPSA) is 56.1 Å². The van der Waals surface area contributed by atoms with Crippen LogP contribution >= 0.6 is 0 Å². The van der Waals surface area contributed by atoms with Crippen molar-refractivity contribution in [1.82, 2.24) is 14.9 Å². The van der Waals surface area contributed by atoms with Gasteiger partial charge in [0.05, 0.1) is 6.61 Å². The number of benzene rings is 1. The van der Waals surface area contributed by atoms with Gasteiger partial charge in [-0.1, -0.05) is 6.07 Å². The molecule has 9 heteroatoms. The molecule has 2 heterocycles. The van der Waals surface area contributed by atoms with Gasteiger partial charge in [0.15, 0.2) is 11.6 Å². The van der Waals surface area contributed by atoms with Gasteiger partial charge in [-0.25, -0.2) is 9.37 Å². The second-order valence-corrected chi connectivity index (χ2v) is 6.33. The van der Waals surface area contributed by atoms with Crippen molar-refractivity contribution in [2.45, 2.75) is 39.0 Å². The lowest BCUT2D eigenvalue weighted by Crippen LogP contribution is -2.35. The van der Waals surface area contributed by atoms with Gasteiger partial charge in [0.2, 0.25) is 11.7 Å². The smallest absolute Gasteiger partial charge is 0.449 e. The third-order valence-corrected chi connectivity index (χ3v) is 4.48. The number of rotatable bonds is 5. The molecule has 0 spiro atoms. The molecular formula is C18H19F4N3O2. The Balaban J connectivity index is 1.60. The van der Waals surface area contributed by atoms with E-state index in [1.54, 1.807) is 13.0 Å². The maximum Gasteiger partial charge on any atom is 0.449 e. The van der Waals surface area contributed by atoms with Crippen LogP contribution in [0.4, 0.5) is 17.6 Å². The molecule has 0 radical (unpaired) electrons. The molecule has 1 N–H and O–H groups in total. The molecule has 2 aromatic rings. The number of carbonyl (C=O) groups excluding carboxylic acids is 1. The second-order valence-electron chi connectivity index (χ2n) is 6.33. The number of imidazole rings is 1. The van der Waals surface area contributed by atoms with Crippen molar-refractivity contribution in [2.24, 2.45) is 5.92 Å². The molecule has 0 bridgehead atoms. The molecule has 1 amide bonds. The zero-order valence-corrected chi connectivity index (χ0v) is 14.6. The van der Waals surface area contributed by atoms with E-state index < -0.39 is 23.7 Å². The van der Waals surface area contributed by atoms with Gasteiger partial charge in [-0.3, -0.25) is 4.79 Å². The van der Waals surface area contributed by atoms with Crippen molar-refractivity contribution in [3.8, 4) is 5.75 Å². The van der Waals surface area contributed by atoms with E-state index >= 15 is 0 Å². The van der Waals surface area contributed by atoms with E-state index in [0.29, 0.717) is 17.9 Å². The quantitative estimate of drug-likeness (QED) is 0.804. The van der Waals surface area contributed by atoms with Crippen molar-refractivity contribution in [2.75, 3.05) is 6.61 Å². The summed E-state index contributed by atoms with van der Waals surface area (Å²) >= 11 is 0. The van der Waals surface area contributed by atoms with Gasteiger partial charge in [0.1, 0.15) is 0 Å². The minimum absolute atomic E-state index is 0.0833. The van der Waals surface area contributed by atoms with Crippen LogP contribution in [0.2, 0.25) is 0 Å². The molecule has 1 aliphatic rings. The standard InChI is InChI=1S/C18H19F4N3O2/c1-2-27-15-4-3-11(7-14(15)19)9-23-16(26)12-5-6-25-13(8-12)10-24-17(25)18(20,21)22/h3-4,7,10,12H,2,5-6,8-9H2,1H3,(H,23,26)/t12-/m1/s1. The van der Waals surface area contributed by atoms with E-state index in [9.17, 15) is 22.4 Å². The largest absolute Gasteiger partial charge is 0.491 e. The average molecular weight is 385 g/mol. The fourth-order valence-electron chi connectivity index (χ4n) is 3.17. The molecule has 3 rings (SSSR count). The van der Waals surface area contributed by atoms with Crippen molar-refractivity contribution < 1.29 is 27.1 Å². The van der Waals surface area contributed by atoms with Crippen LogP contribution in [0.1, 0.15) is 30.4 Å². The number of aromatic nitrogens is 2. The Morgan fingerprint density at radius 3 is 2.85 bits per heavy atom. The summed E-state index contributed by atoms with van der Waals surface area (Å²) in [6.07, 6.45) is -2.86. The minimum Gasteiger partial charge on any atom is -0.491 e. The Morgan fingerprint density at radius 2 is 2.19 bits per heavy atom. The highest BCUT2D eigenvalue weighted by molar-refractivity contribution is 5.79. The van der Waals surface area contributed by atoms with Crippen molar-refractivity contribution in [3.05, 3.63) is 47.3 Å². The van der Waals surface area contributed by atoms with Crippen LogP contribution in [-0.4, -0.2) is 22.1 Å². The Morgan fingerprint density at radius 1 is 1.41 bits per heavy atom. The predicted octanol–water partition coefficient (Wildman–Crippen LogP) is 3.32. The number of carbonyl (C=O) groups is 1. The molecule has 0 aliphatic carbocycles. The summed E-state index contributed by atoms with van der Waals surface area (Å²) in [7, 11) is 0. The van der Waals surface area contributed by atoms with Crippen LogP contribution in [0.5, 0.6) is 5.75 Å². The summed E-state index contributed by atoms with van der Waals surface area (Å²) in [5, 5.41) is 2.72. The normalized spacial score (nSPS) is 16.7. The summed E-state index contributed by atoms with van der Waals surface area (Å²) in [5.41, 5.74) is 0.963. The number of hydrogen-bond donors (Lipinski definition) is 1. The van der Waals surface area contributed by atoms with Gasteiger partial charge in [-0.15, -0.1) is 0 Å². The second kappa shape index (κ2) is 7.58. The number of amides is 1. The van der Waals surface area contributed by atoms with Crippen molar-refractivity contribution in [1.29, 1.82) is 0 Å². The van der Waals surface area contributed by atoms with E-state index in [-0.39, 0.29) is 37.6 Å². The van der Waals surface area contributed by atoms with Gasteiger partial charge >= 0.3 is 6.18 Å². The van der Waals surface area contributed by atoms with E-state index in [4.69, 9.17) is 4.74 Å². The highest BCUT2D eigenvalue weighted by Crippen LogP contribution is 2.32. The van der Waals surface area contributed by atoms with Crippen LogP contribution in [0.3, 0.4) is 0 Å². The molecule has 1 aromatic carbocycles. The lowest BCUT2D eigenvalue weighted by molar-refractivity contribution is -0.147. The number of hydrogen-bond acceptors (Lipinski definition) is 3. The van der Waals surface area contributed by atoms with Gasteiger partial charge in [0.25, 0.3) is 0 Å². The number of halogens is 4.